The van der Waals surface area contributed by atoms with E-state index in [9.17, 15) is 4.79 Å². The summed E-state index contributed by atoms with van der Waals surface area (Å²) in [5.41, 5.74) is 1.51. The lowest BCUT2D eigenvalue weighted by molar-refractivity contribution is -0.119. The normalized spacial score (nSPS) is 26.3. The van der Waals surface area contributed by atoms with E-state index in [0.29, 0.717) is 6.04 Å². The van der Waals surface area contributed by atoms with Gasteiger partial charge in [0, 0.05) is 31.8 Å². The van der Waals surface area contributed by atoms with Gasteiger partial charge in [0.1, 0.15) is 0 Å². The maximum Gasteiger partial charge on any atom is 0.217 e. The van der Waals surface area contributed by atoms with Gasteiger partial charge in [0.2, 0.25) is 5.91 Å². The highest BCUT2D eigenvalue weighted by Gasteiger charge is 2.20. The first-order chi connectivity index (χ1) is 7.25. The summed E-state index contributed by atoms with van der Waals surface area (Å²) in [7, 11) is 0. The molecule has 0 aromatic heterocycles. The lowest BCUT2D eigenvalue weighted by Gasteiger charge is -2.28. The Kier molecular flexibility index (Phi) is 3.29. The Hall–Kier alpha value is -0.990. The van der Waals surface area contributed by atoms with Gasteiger partial charge >= 0.3 is 0 Å². The van der Waals surface area contributed by atoms with Gasteiger partial charge in [0.25, 0.3) is 0 Å². The Morgan fingerprint density at radius 3 is 2.73 bits per heavy atom. The third-order valence-corrected chi connectivity index (χ3v) is 3.31. The van der Waals surface area contributed by atoms with E-state index in [1.807, 2.05) is 0 Å². The Balaban J connectivity index is 1.85. The van der Waals surface area contributed by atoms with Crippen molar-refractivity contribution in [2.75, 3.05) is 13.1 Å². The largest absolute Gasteiger partial charge is 0.375 e. The first-order valence-corrected chi connectivity index (χ1v) is 5.97. The van der Waals surface area contributed by atoms with E-state index in [0.717, 1.165) is 19.3 Å². The van der Waals surface area contributed by atoms with E-state index >= 15 is 0 Å². The second-order valence-corrected chi connectivity index (χ2v) is 4.56. The molecule has 3 nitrogen and oxygen atoms in total. The Morgan fingerprint density at radius 1 is 1.47 bits per heavy atom. The van der Waals surface area contributed by atoms with Crippen LogP contribution in [-0.2, 0) is 4.79 Å². The average molecular weight is 208 g/mol. The van der Waals surface area contributed by atoms with E-state index in [4.69, 9.17) is 0 Å². The van der Waals surface area contributed by atoms with Crippen LogP contribution in [0.25, 0.3) is 0 Å². The molecule has 84 valence electrons. The number of nitrogens with one attached hydrogen (secondary N) is 1. The molecule has 2 aliphatic rings. The van der Waals surface area contributed by atoms with Gasteiger partial charge in [-0.3, -0.25) is 4.79 Å². The van der Waals surface area contributed by atoms with Gasteiger partial charge in [-0.1, -0.05) is 6.08 Å². The molecular weight excluding hydrogens is 188 g/mol. The molecule has 0 aromatic rings. The van der Waals surface area contributed by atoms with Gasteiger partial charge in [-0.05, 0) is 32.1 Å². The fourth-order valence-corrected chi connectivity index (χ4v) is 2.53. The zero-order valence-corrected chi connectivity index (χ0v) is 9.46. The second kappa shape index (κ2) is 4.69. The van der Waals surface area contributed by atoms with Crippen molar-refractivity contribution in [3.8, 4) is 0 Å². The predicted octanol–water partition coefficient (Wildman–Crippen LogP) is 1.65. The molecular formula is C12H20N2O. The number of likely N-dealkylation sites (tertiary alicyclic amines) is 1. The number of rotatable bonds is 2. The Labute approximate surface area is 91.5 Å². The highest BCUT2D eigenvalue weighted by molar-refractivity contribution is 5.73. The standard InChI is InChI=1S/C12H20N2O/c1-10(15)13-11-4-6-12(7-5-11)14-8-2-3-9-14/h6,11H,2-5,7-9H2,1H3,(H,13,15)/t11-/m1/s1. The third kappa shape index (κ3) is 2.74. The van der Waals surface area contributed by atoms with Crippen LogP contribution in [0.5, 0.6) is 0 Å². The van der Waals surface area contributed by atoms with Crippen LogP contribution in [0.15, 0.2) is 11.8 Å². The summed E-state index contributed by atoms with van der Waals surface area (Å²) in [6.45, 7) is 4.06. The smallest absolute Gasteiger partial charge is 0.217 e. The summed E-state index contributed by atoms with van der Waals surface area (Å²) in [5.74, 6) is 0.0954. The minimum Gasteiger partial charge on any atom is -0.375 e. The molecule has 0 aromatic carbocycles. The number of hydrogen-bond acceptors (Lipinski definition) is 2. The molecule has 1 aliphatic carbocycles. The quantitative estimate of drug-likeness (QED) is 0.748. The molecule has 1 amide bonds. The number of carbonyl (C=O) groups is 1. The average Bonchev–Trinajstić information content (AvgIpc) is 2.71. The zero-order valence-electron chi connectivity index (χ0n) is 9.46. The SMILES string of the molecule is CC(=O)N[C@@H]1CC=C(N2CCCC2)CC1. The monoisotopic (exact) mass is 208 g/mol. The van der Waals surface area contributed by atoms with Crippen molar-refractivity contribution in [1.82, 2.24) is 10.2 Å². The Morgan fingerprint density at radius 2 is 2.20 bits per heavy atom. The van der Waals surface area contributed by atoms with Gasteiger partial charge < -0.3 is 10.2 Å². The highest BCUT2D eigenvalue weighted by Crippen LogP contribution is 2.24. The lowest BCUT2D eigenvalue weighted by Crippen LogP contribution is -2.35. The molecule has 1 aliphatic heterocycles. The Bertz CT molecular complexity index is 267. The summed E-state index contributed by atoms with van der Waals surface area (Å²) in [6.07, 6.45) is 8.23. The van der Waals surface area contributed by atoms with Crippen LogP contribution >= 0.6 is 0 Å². The number of allylic oxidation sites excluding steroid dienone is 1. The van der Waals surface area contributed by atoms with Crippen molar-refractivity contribution in [3.63, 3.8) is 0 Å². The first kappa shape index (κ1) is 10.5. The molecule has 1 atom stereocenters. The van der Waals surface area contributed by atoms with Crippen molar-refractivity contribution < 1.29 is 4.79 Å². The van der Waals surface area contributed by atoms with Crippen LogP contribution in [0.3, 0.4) is 0 Å². The maximum atomic E-state index is 10.9. The van der Waals surface area contributed by atoms with Crippen molar-refractivity contribution in [1.29, 1.82) is 0 Å². The van der Waals surface area contributed by atoms with E-state index < -0.39 is 0 Å². The molecule has 3 heteroatoms. The summed E-state index contributed by atoms with van der Waals surface area (Å²) in [6, 6.07) is 0.369. The van der Waals surface area contributed by atoms with E-state index in [-0.39, 0.29) is 5.91 Å². The topological polar surface area (TPSA) is 32.3 Å². The van der Waals surface area contributed by atoms with Crippen molar-refractivity contribution in [2.24, 2.45) is 0 Å². The fourth-order valence-electron chi connectivity index (χ4n) is 2.53. The molecule has 0 radical (unpaired) electrons. The highest BCUT2D eigenvalue weighted by atomic mass is 16.1. The van der Waals surface area contributed by atoms with E-state index in [1.165, 1.54) is 31.6 Å². The molecule has 0 bridgehead atoms. The van der Waals surface area contributed by atoms with Crippen LogP contribution in [0, 0.1) is 0 Å². The number of nitrogens with zero attached hydrogens (tertiary/aromatic N) is 1. The van der Waals surface area contributed by atoms with Gasteiger partial charge in [0.05, 0.1) is 0 Å². The number of amides is 1. The third-order valence-electron chi connectivity index (χ3n) is 3.31. The zero-order chi connectivity index (χ0) is 10.7. The summed E-state index contributed by atoms with van der Waals surface area (Å²) in [4.78, 5) is 13.4. The molecule has 1 N–H and O–H groups in total. The van der Waals surface area contributed by atoms with E-state index in [2.05, 4.69) is 16.3 Å². The van der Waals surface area contributed by atoms with Gasteiger partial charge in [-0.15, -0.1) is 0 Å². The second-order valence-electron chi connectivity index (χ2n) is 4.56. The van der Waals surface area contributed by atoms with Crippen LogP contribution in [0.4, 0.5) is 0 Å². The molecule has 1 fully saturated rings. The molecule has 2 rings (SSSR count). The van der Waals surface area contributed by atoms with Crippen molar-refractivity contribution in [3.05, 3.63) is 11.8 Å². The lowest BCUT2D eigenvalue weighted by atomic mass is 9.98. The summed E-state index contributed by atoms with van der Waals surface area (Å²) < 4.78 is 0. The van der Waals surface area contributed by atoms with Gasteiger partial charge in [-0.2, -0.15) is 0 Å². The van der Waals surface area contributed by atoms with Crippen LogP contribution in [0.1, 0.15) is 39.0 Å². The minimum atomic E-state index is 0.0954. The number of carbonyl (C=O) groups excluding carboxylic acids is 1. The van der Waals surface area contributed by atoms with Gasteiger partial charge in [-0.25, -0.2) is 0 Å². The molecule has 1 saturated heterocycles. The van der Waals surface area contributed by atoms with Crippen LogP contribution < -0.4 is 5.32 Å². The van der Waals surface area contributed by atoms with Crippen molar-refractivity contribution in [2.45, 2.75) is 45.1 Å². The van der Waals surface area contributed by atoms with Crippen molar-refractivity contribution >= 4 is 5.91 Å². The summed E-state index contributed by atoms with van der Waals surface area (Å²) >= 11 is 0. The molecule has 0 saturated carbocycles. The minimum absolute atomic E-state index is 0.0954. The molecule has 15 heavy (non-hydrogen) atoms. The molecule has 0 unspecified atom stereocenters. The van der Waals surface area contributed by atoms with Crippen LogP contribution in [-0.4, -0.2) is 29.9 Å². The number of hydrogen-bond donors (Lipinski definition) is 1. The predicted molar refractivity (Wildman–Crippen MR) is 60.3 cm³/mol. The maximum absolute atomic E-state index is 10.9. The van der Waals surface area contributed by atoms with E-state index in [1.54, 1.807) is 6.92 Å². The first-order valence-electron chi connectivity index (χ1n) is 5.97. The molecule has 0 spiro atoms. The molecule has 1 heterocycles. The van der Waals surface area contributed by atoms with Gasteiger partial charge in [0.15, 0.2) is 0 Å². The fraction of sp³-hybridized carbons (Fsp3) is 0.750. The van der Waals surface area contributed by atoms with Crippen LogP contribution in [0.2, 0.25) is 0 Å². The summed E-state index contributed by atoms with van der Waals surface area (Å²) in [5, 5.41) is 2.99.